The summed E-state index contributed by atoms with van der Waals surface area (Å²) in [5.41, 5.74) is 6.81. The Morgan fingerprint density at radius 3 is 2.59 bits per heavy atom. The fourth-order valence-electron chi connectivity index (χ4n) is 4.37. The second kappa shape index (κ2) is 9.42. The van der Waals surface area contributed by atoms with Crippen LogP contribution in [-0.4, -0.2) is 43.5 Å². The van der Waals surface area contributed by atoms with Gasteiger partial charge in [0.25, 0.3) is 0 Å². The van der Waals surface area contributed by atoms with Gasteiger partial charge < -0.3 is 20.7 Å². The number of nitrogens with one attached hydrogen (secondary N) is 1. The van der Waals surface area contributed by atoms with E-state index in [9.17, 15) is 9.59 Å². The van der Waals surface area contributed by atoms with Gasteiger partial charge in [-0.15, -0.1) is 12.4 Å². The minimum absolute atomic E-state index is 0. The van der Waals surface area contributed by atoms with Crippen LogP contribution in [0, 0.1) is 11.8 Å². The number of nitrogens with zero attached hydrogens (tertiary/aromatic N) is 1. The largest absolute Gasteiger partial charge is 0.497 e. The summed E-state index contributed by atoms with van der Waals surface area (Å²) in [6.45, 7) is 0.607. The molecule has 4 unspecified atom stereocenters. The van der Waals surface area contributed by atoms with Gasteiger partial charge in [0, 0.05) is 19.5 Å². The highest BCUT2D eigenvalue weighted by Gasteiger charge is 2.40. The number of ether oxygens (including phenoxy) is 1. The number of carbonyl (C=O) groups is 2. The molecule has 2 aliphatic rings. The number of piperidine rings is 1. The summed E-state index contributed by atoms with van der Waals surface area (Å²) in [5, 5.41) is 3.23. The van der Waals surface area contributed by atoms with Gasteiger partial charge >= 0.3 is 0 Å². The molecule has 0 radical (unpaired) electrons. The van der Waals surface area contributed by atoms with Crippen LogP contribution in [0.1, 0.15) is 43.7 Å². The molecule has 2 amide bonds. The van der Waals surface area contributed by atoms with E-state index >= 15 is 0 Å². The van der Waals surface area contributed by atoms with Crippen molar-refractivity contribution in [3.8, 4) is 5.75 Å². The monoisotopic (exact) mass is 395 g/mol. The van der Waals surface area contributed by atoms with Crippen LogP contribution in [0.3, 0.4) is 0 Å². The number of carbonyl (C=O) groups excluding carboxylic acids is 2. The lowest BCUT2D eigenvalue weighted by Crippen LogP contribution is -2.49. The third-order valence-electron chi connectivity index (χ3n) is 5.94. The van der Waals surface area contributed by atoms with Crippen molar-refractivity contribution in [3.63, 3.8) is 0 Å². The van der Waals surface area contributed by atoms with Crippen LogP contribution in [0.5, 0.6) is 5.75 Å². The maximum absolute atomic E-state index is 13.1. The van der Waals surface area contributed by atoms with Gasteiger partial charge in [-0.1, -0.05) is 18.6 Å². The third-order valence-corrected chi connectivity index (χ3v) is 5.94. The predicted octanol–water partition coefficient (Wildman–Crippen LogP) is 2.27. The number of amides is 2. The van der Waals surface area contributed by atoms with E-state index in [1.54, 1.807) is 19.1 Å². The Kier molecular flexibility index (Phi) is 7.50. The van der Waals surface area contributed by atoms with Gasteiger partial charge in [0.2, 0.25) is 11.8 Å². The van der Waals surface area contributed by atoms with E-state index in [1.807, 2.05) is 24.3 Å². The predicted molar refractivity (Wildman–Crippen MR) is 107 cm³/mol. The van der Waals surface area contributed by atoms with Crippen molar-refractivity contribution in [3.05, 3.63) is 29.8 Å². The molecule has 1 aromatic carbocycles. The lowest BCUT2D eigenvalue weighted by molar-refractivity contribution is -0.142. The smallest absolute Gasteiger partial charge is 0.225 e. The number of halogens is 1. The van der Waals surface area contributed by atoms with Crippen molar-refractivity contribution >= 4 is 24.2 Å². The number of nitrogens with two attached hydrogens (primary N) is 1. The second-order valence-electron chi connectivity index (χ2n) is 7.41. The summed E-state index contributed by atoms with van der Waals surface area (Å²) in [6.07, 6.45) is 4.16. The molecule has 1 aliphatic heterocycles. The van der Waals surface area contributed by atoms with Crippen LogP contribution in [0.15, 0.2) is 24.3 Å². The Balaban J connectivity index is 0.00000261. The van der Waals surface area contributed by atoms with E-state index in [1.165, 1.54) is 0 Å². The van der Waals surface area contributed by atoms with Crippen LogP contribution in [0.2, 0.25) is 0 Å². The van der Waals surface area contributed by atoms with Gasteiger partial charge in [-0.25, -0.2) is 0 Å². The summed E-state index contributed by atoms with van der Waals surface area (Å²) in [7, 11) is 3.41. The quantitative estimate of drug-likeness (QED) is 0.800. The number of benzene rings is 1. The number of likely N-dealkylation sites (tertiary alicyclic amines) is 1. The first kappa shape index (κ1) is 21.5. The molecule has 3 rings (SSSR count). The molecule has 1 saturated heterocycles. The van der Waals surface area contributed by atoms with Crippen LogP contribution in [0.4, 0.5) is 0 Å². The maximum Gasteiger partial charge on any atom is 0.225 e. The average Bonchev–Trinajstić information content (AvgIpc) is 3.11. The fourth-order valence-corrected chi connectivity index (χ4v) is 4.37. The van der Waals surface area contributed by atoms with Gasteiger partial charge in [-0.3, -0.25) is 9.59 Å². The molecular weight excluding hydrogens is 366 g/mol. The van der Waals surface area contributed by atoms with E-state index in [4.69, 9.17) is 10.5 Å². The van der Waals surface area contributed by atoms with Crippen molar-refractivity contribution in [2.45, 2.75) is 44.2 Å². The number of rotatable bonds is 5. The molecule has 27 heavy (non-hydrogen) atoms. The molecule has 0 spiro atoms. The molecule has 4 atom stereocenters. The standard InChI is InChI=1S/C20H29N3O3.ClH/c1-23-18(24)11-10-16(19(23)13-6-8-15(26-2)9-7-13)20(25)22-17-5-3-4-14(17)12-21;/h6-9,14,16-17,19H,3-5,10-12,21H2,1-2H3,(H,22,25);1H. The van der Waals surface area contributed by atoms with E-state index in [0.29, 0.717) is 25.3 Å². The zero-order chi connectivity index (χ0) is 18.7. The molecule has 1 saturated carbocycles. The fraction of sp³-hybridized carbons (Fsp3) is 0.600. The Morgan fingerprint density at radius 2 is 1.96 bits per heavy atom. The summed E-state index contributed by atoms with van der Waals surface area (Å²) >= 11 is 0. The van der Waals surface area contributed by atoms with Crippen LogP contribution < -0.4 is 15.8 Å². The SMILES string of the molecule is COc1ccc(C2C(C(=O)NC3CCCC3CN)CCC(=O)N2C)cc1.Cl. The van der Waals surface area contributed by atoms with Gasteiger partial charge in [0.15, 0.2) is 0 Å². The minimum Gasteiger partial charge on any atom is -0.497 e. The van der Waals surface area contributed by atoms with E-state index < -0.39 is 0 Å². The molecule has 0 bridgehead atoms. The molecule has 7 heteroatoms. The van der Waals surface area contributed by atoms with E-state index in [0.717, 1.165) is 30.6 Å². The van der Waals surface area contributed by atoms with E-state index in [2.05, 4.69) is 5.32 Å². The molecule has 0 aromatic heterocycles. The topological polar surface area (TPSA) is 84.7 Å². The van der Waals surface area contributed by atoms with Crippen LogP contribution >= 0.6 is 12.4 Å². The van der Waals surface area contributed by atoms with Crippen LogP contribution in [-0.2, 0) is 9.59 Å². The number of methoxy groups -OCH3 is 1. The number of hydrogen-bond donors (Lipinski definition) is 2. The van der Waals surface area contributed by atoms with Gasteiger partial charge in [-0.05, 0) is 49.4 Å². The first-order valence-corrected chi connectivity index (χ1v) is 9.45. The summed E-state index contributed by atoms with van der Waals surface area (Å²) in [5.74, 6) is 0.994. The van der Waals surface area contributed by atoms with E-state index in [-0.39, 0.29) is 42.2 Å². The lowest BCUT2D eigenvalue weighted by Gasteiger charge is -2.39. The van der Waals surface area contributed by atoms with Crippen molar-refractivity contribution < 1.29 is 14.3 Å². The molecule has 150 valence electrons. The van der Waals surface area contributed by atoms with Crippen molar-refractivity contribution in [2.75, 3.05) is 20.7 Å². The Hall–Kier alpha value is -1.79. The first-order chi connectivity index (χ1) is 12.5. The molecule has 6 nitrogen and oxygen atoms in total. The zero-order valence-corrected chi connectivity index (χ0v) is 16.8. The average molecular weight is 396 g/mol. The second-order valence-corrected chi connectivity index (χ2v) is 7.41. The lowest BCUT2D eigenvalue weighted by atomic mass is 9.83. The molecule has 2 fully saturated rings. The summed E-state index contributed by atoms with van der Waals surface area (Å²) < 4.78 is 5.22. The number of hydrogen-bond acceptors (Lipinski definition) is 4. The molecular formula is C20H30ClN3O3. The highest BCUT2D eigenvalue weighted by atomic mass is 35.5. The molecule has 1 aliphatic carbocycles. The van der Waals surface area contributed by atoms with Crippen molar-refractivity contribution in [1.29, 1.82) is 0 Å². The Bertz CT molecular complexity index is 652. The van der Waals surface area contributed by atoms with Crippen molar-refractivity contribution in [2.24, 2.45) is 17.6 Å². The normalized spacial score (nSPS) is 27.8. The summed E-state index contributed by atoms with van der Waals surface area (Å²) in [6, 6.07) is 7.54. The Morgan fingerprint density at radius 1 is 1.26 bits per heavy atom. The van der Waals surface area contributed by atoms with Gasteiger partial charge in [0.05, 0.1) is 19.1 Å². The molecule has 3 N–H and O–H groups in total. The minimum atomic E-state index is -0.250. The summed E-state index contributed by atoms with van der Waals surface area (Å²) in [4.78, 5) is 27.0. The van der Waals surface area contributed by atoms with Gasteiger partial charge in [-0.2, -0.15) is 0 Å². The zero-order valence-electron chi connectivity index (χ0n) is 16.0. The first-order valence-electron chi connectivity index (χ1n) is 9.45. The van der Waals surface area contributed by atoms with Crippen molar-refractivity contribution in [1.82, 2.24) is 10.2 Å². The molecule has 1 heterocycles. The van der Waals surface area contributed by atoms with Gasteiger partial charge in [0.1, 0.15) is 5.75 Å². The van der Waals surface area contributed by atoms with Crippen LogP contribution in [0.25, 0.3) is 0 Å². The maximum atomic E-state index is 13.1. The Labute approximate surface area is 167 Å². The highest BCUT2D eigenvalue weighted by Crippen LogP contribution is 2.37. The highest BCUT2D eigenvalue weighted by molar-refractivity contribution is 5.85. The molecule has 1 aromatic rings. The third kappa shape index (κ3) is 4.55.